The number of carbonyl (C=O) groups excluding carboxylic acids is 3. The number of aliphatic carboxylic acids is 1. The van der Waals surface area contributed by atoms with Gasteiger partial charge in [-0.05, 0) is 89.4 Å². The first kappa shape index (κ1) is 65.5. The zero-order valence-electron chi connectivity index (χ0n) is 46.9. The van der Waals surface area contributed by atoms with Gasteiger partial charge in [-0.15, -0.1) is 0 Å². The number of phenolic OH excluding ortho intramolecular Hbond substituents is 1. The molecule has 0 aliphatic carbocycles. The number of allylic oxidation sites excluding steroid dienone is 8. The number of fused-ring (bicyclic) bond motifs is 2. The number of carboxylic acid groups (broad SMARTS) is 1. The van der Waals surface area contributed by atoms with Crippen LogP contribution in [0.25, 0.3) is 0 Å². The third-order valence-corrected chi connectivity index (χ3v) is 18.9. The largest absolute Gasteiger partial charge is 0.507 e. The molecule has 2 aromatic rings. The number of hydrogen-bond acceptors (Lipinski definition) is 15. The highest BCUT2D eigenvalue weighted by Crippen LogP contribution is 2.45. The molecule has 0 amide bonds. The molecular formula is C54H82O18P2Si2. The maximum absolute atomic E-state index is 13.2. The minimum absolute atomic E-state index is 0.0863. The molecule has 2 aliphatic heterocycles. The summed E-state index contributed by atoms with van der Waals surface area (Å²) in [6.07, 6.45) is 11.7. The van der Waals surface area contributed by atoms with Gasteiger partial charge in [-0.3, -0.25) is 18.7 Å². The molecule has 0 saturated heterocycles. The fourth-order valence-corrected chi connectivity index (χ4v) is 10.9. The number of esters is 3. The van der Waals surface area contributed by atoms with E-state index >= 15 is 0 Å². The van der Waals surface area contributed by atoms with Gasteiger partial charge in [0.25, 0.3) is 0 Å². The molecule has 424 valence electrons. The van der Waals surface area contributed by atoms with Gasteiger partial charge >= 0.3 is 39.1 Å². The Balaban J connectivity index is 0.000000420. The van der Waals surface area contributed by atoms with E-state index in [1.807, 2.05) is 19.9 Å². The topological polar surface area (TPSA) is 257 Å². The van der Waals surface area contributed by atoms with E-state index in [4.69, 9.17) is 28.4 Å². The fourth-order valence-electron chi connectivity index (χ4n) is 8.35. The molecule has 0 spiro atoms. The molecule has 0 aromatic heterocycles. The van der Waals surface area contributed by atoms with Crippen molar-refractivity contribution in [2.45, 2.75) is 131 Å². The van der Waals surface area contributed by atoms with Gasteiger partial charge < -0.3 is 57.5 Å². The van der Waals surface area contributed by atoms with E-state index in [-0.39, 0.29) is 68.1 Å². The van der Waals surface area contributed by atoms with Crippen LogP contribution in [-0.2, 0) is 68.0 Å². The van der Waals surface area contributed by atoms with Crippen LogP contribution in [0.4, 0.5) is 0 Å². The van der Waals surface area contributed by atoms with E-state index in [1.54, 1.807) is 45.3 Å². The molecule has 2 aliphatic rings. The van der Waals surface area contributed by atoms with Gasteiger partial charge in [0, 0.05) is 52.6 Å². The van der Waals surface area contributed by atoms with Crippen molar-refractivity contribution in [3.63, 3.8) is 0 Å². The first-order valence-electron chi connectivity index (χ1n) is 25.3. The van der Waals surface area contributed by atoms with Crippen LogP contribution in [-0.4, -0.2) is 114 Å². The van der Waals surface area contributed by atoms with Crippen molar-refractivity contribution in [3.8, 4) is 23.0 Å². The molecule has 4 atom stereocenters. The predicted octanol–water partition coefficient (Wildman–Crippen LogP) is 11.3. The van der Waals surface area contributed by atoms with Crippen LogP contribution < -0.4 is 14.2 Å². The highest BCUT2D eigenvalue weighted by atomic mass is 31.2. The highest BCUT2D eigenvalue weighted by Gasteiger charge is 2.35. The van der Waals surface area contributed by atoms with E-state index in [1.165, 1.54) is 20.3 Å². The van der Waals surface area contributed by atoms with Gasteiger partial charge in [0.2, 0.25) is 0 Å². The number of methoxy groups -OCH3 is 2. The van der Waals surface area contributed by atoms with E-state index < -0.39 is 55.1 Å². The predicted molar refractivity (Wildman–Crippen MR) is 298 cm³/mol. The molecule has 2 heterocycles. The molecule has 0 radical (unpaired) electrons. The van der Waals surface area contributed by atoms with Gasteiger partial charge in [0.1, 0.15) is 47.3 Å². The Morgan fingerprint density at radius 3 is 1.57 bits per heavy atom. The molecule has 76 heavy (non-hydrogen) atoms. The zero-order chi connectivity index (χ0) is 57.3. The summed E-state index contributed by atoms with van der Waals surface area (Å²) >= 11 is 0. The first-order chi connectivity index (χ1) is 35.4. The Bertz CT molecular complexity index is 2620. The van der Waals surface area contributed by atoms with Crippen molar-refractivity contribution >= 4 is 55.2 Å². The van der Waals surface area contributed by atoms with Crippen LogP contribution in [0.2, 0.25) is 51.4 Å². The average Bonchev–Trinajstić information content (AvgIpc) is 3.93. The second-order valence-corrected chi connectivity index (χ2v) is 36.8. The van der Waals surface area contributed by atoms with Crippen LogP contribution in [0.5, 0.6) is 23.0 Å². The van der Waals surface area contributed by atoms with Crippen LogP contribution in [0.1, 0.15) is 93.6 Å². The van der Waals surface area contributed by atoms with Gasteiger partial charge in [-0.1, -0.05) is 86.9 Å². The summed E-state index contributed by atoms with van der Waals surface area (Å²) in [6, 6.07) is 1.81. The number of ether oxygens (including phenoxy) is 6. The second-order valence-electron chi connectivity index (χ2n) is 21.5. The first-order valence-corrected chi connectivity index (χ1v) is 36.2. The Morgan fingerprint density at radius 2 is 1.09 bits per heavy atom. The minimum atomic E-state index is -3.67. The van der Waals surface area contributed by atoms with Crippen LogP contribution in [0, 0.1) is 25.7 Å². The Morgan fingerprint density at radius 1 is 0.658 bits per heavy atom. The van der Waals surface area contributed by atoms with Crippen LogP contribution in [0.3, 0.4) is 0 Å². The second kappa shape index (κ2) is 29.3. The average molecular weight is 1140 g/mol. The summed E-state index contributed by atoms with van der Waals surface area (Å²) in [5, 5.41) is 20.2. The summed E-state index contributed by atoms with van der Waals surface area (Å²) in [4.78, 5) is 68.7. The smallest absolute Gasteiger partial charge is 0.342 e. The molecular weight excluding hydrogens is 1050 g/mol. The lowest BCUT2D eigenvalue weighted by Gasteiger charge is -2.22. The molecule has 4 N–H and O–H groups in total. The Labute approximate surface area is 450 Å². The number of aromatic hydroxyl groups is 1. The van der Waals surface area contributed by atoms with Gasteiger partial charge in [-0.25, -0.2) is 9.59 Å². The molecule has 22 heteroatoms. The Kier molecular flexibility index (Phi) is 25.2. The van der Waals surface area contributed by atoms with Gasteiger partial charge in [0.15, 0.2) is 0 Å². The number of cyclic esters (lactones) is 2. The summed E-state index contributed by atoms with van der Waals surface area (Å²) in [5.41, 5.74) is 6.57. The number of hydrogen-bond donors (Lipinski definition) is 4. The quantitative estimate of drug-likeness (QED) is 0.0194. The monoisotopic (exact) mass is 1140 g/mol. The summed E-state index contributed by atoms with van der Waals surface area (Å²) in [6.45, 7) is 22.2. The van der Waals surface area contributed by atoms with Gasteiger partial charge in [-0.2, -0.15) is 0 Å². The van der Waals surface area contributed by atoms with E-state index in [2.05, 4.69) is 48.3 Å². The maximum Gasteiger partial charge on any atom is 0.342 e. The molecule has 4 rings (SSSR count). The van der Waals surface area contributed by atoms with Crippen LogP contribution >= 0.6 is 15.2 Å². The normalized spacial score (nSPS) is 16.2. The molecule has 0 saturated carbocycles. The van der Waals surface area contributed by atoms with Crippen molar-refractivity contribution in [2.24, 2.45) is 11.8 Å². The van der Waals surface area contributed by atoms with Crippen molar-refractivity contribution in [2.75, 3.05) is 54.0 Å². The SMILES string of the molecule is COc1c(C)c2c(c(O)c1C/C=C(\C)CC(C/C=C/CP(=O)(O)OC)C(=O)O)C(=O)OC2.COc1c(C)c2c(c(OCC[Si](C)(C)C)c1C/C=C(\C)CC(C/C=C/CP(=O)(O)OC)C(=O)OCC[Si](C)(C)C)C(=O)OC2. The molecule has 2 aromatic carbocycles. The number of rotatable bonds is 29. The maximum atomic E-state index is 13.2. The summed E-state index contributed by atoms with van der Waals surface area (Å²) in [7, 11) is -4.67. The van der Waals surface area contributed by atoms with E-state index in [0.29, 0.717) is 66.4 Å². The van der Waals surface area contributed by atoms with Crippen molar-refractivity contribution in [1.29, 1.82) is 0 Å². The lowest BCUT2D eigenvalue weighted by atomic mass is 9.93. The molecule has 4 unspecified atom stereocenters. The van der Waals surface area contributed by atoms with E-state index in [0.717, 1.165) is 52.6 Å². The number of benzene rings is 2. The Hall–Kier alpha value is -4.79. The minimum Gasteiger partial charge on any atom is -0.507 e. The van der Waals surface area contributed by atoms with Crippen molar-refractivity contribution in [1.82, 2.24) is 0 Å². The fraction of sp³-hybridized carbons (Fsp3) is 0.556. The van der Waals surface area contributed by atoms with Crippen LogP contribution in [0.15, 0.2) is 47.6 Å². The third kappa shape index (κ3) is 19.9. The molecule has 18 nitrogen and oxygen atoms in total. The zero-order valence-corrected chi connectivity index (χ0v) is 50.7. The van der Waals surface area contributed by atoms with Crippen molar-refractivity contribution in [3.05, 3.63) is 92.1 Å². The highest BCUT2D eigenvalue weighted by molar-refractivity contribution is 7.53. The third-order valence-electron chi connectivity index (χ3n) is 13.0. The van der Waals surface area contributed by atoms with Gasteiger partial charge in [0.05, 0.1) is 51.6 Å². The van der Waals surface area contributed by atoms with E-state index in [9.17, 15) is 48.3 Å². The summed E-state index contributed by atoms with van der Waals surface area (Å²) < 4.78 is 66.2. The summed E-state index contributed by atoms with van der Waals surface area (Å²) in [5.74, 6) is -1.96. The van der Waals surface area contributed by atoms with Crippen molar-refractivity contribution < 1.29 is 85.8 Å². The standard InChI is InChI=1S/C32H53O9PSi2.C22H29O9P/c1-23(21-25(13-11-12-18-42(35,36)38-4)31(33)40-17-20-44(8,9)10)14-15-26-29(37-3)24(2)27-22-41-32(34)28(27)30(26)39-16-19-43(5,6)7;1-13(11-15(21(24)25)7-5-6-10-32(27,28)30-4)8-9-16-19(23)18-17(12-31-22(18)26)14(2)20(16)29-3/h11-12,14,25H,13,15-22H2,1-10H3,(H,35,36);5-6,8,15,23H,7,9-12H2,1-4H3,(H,24,25)(H,27,28)/b12-11+,23-14+;6-5+,13-8+. The molecule has 0 fully saturated rings. The number of carbonyl (C=O) groups is 4. The molecule has 0 bridgehead atoms. The number of carboxylic acids is 1. The lowest BCUT2D eigenvalue weighted by Crippen LogP contribution is -2.25. The lowest BCUT2D eigenvalue weighted by molar-refractivity contribution is -0.148. The number of phenols is 1.